The number of nitrogens with zero attached hydrogens (tertiary/aromatic N) is 11. The summed E-state index contributed by atoms with van der Waals surface area (Å²) in [5.74, 6) is 3.04. The quantitative estimate of drug-likeness (QED) is 0.00891. The van der Waals surface area contributed by atoms with Gasteiger partial charge in [-0.25, -0.2) is 44.7 Å². The molecule has 5 atom stereocenters. The summed E-state index contributed by atoms with van der Waals surface area (Å²) >= 11 is 20.2. The van der Waals surface area contributed by atoms with Crippen molar-refractivity contribution in [2.45, 2.75) is 107 Å². The number of aromatic carboxylic acids is 1. The van der Waals surface area contributed by atoms with Gasteiger partial charge in [-0.1, -0.05) is 114 Å². The van der Waals surface area contributed by atoms with Gasteiger partial charge < -0.3 is 48.1 Å². The van der Waals surface area contributed by atoms with Gasteiger partial charge in [-0.15, -0.1) is 125 Å². The highest BCUT2D eigenvalue weighted by Crippen LogP contribution is 2.49. The first-order chi connectivity index (χ1) is 68.0. The Hall–Kier alpha value is -10.5. The van der Waals surface area contributed by atoms with Crippen LogP contribution in [0.2, 0.25) is 0 Å². The van der Waals surface area contributed by atoms with Crippen molar-refractivity contribution in [3.63, 3.8) is 0 Å². The summed E-state index contributed by atoms with van der Waals surface area (Å²) < 4.78 is 69.0. The minimum atomic E-state index is -1.18. The van der Waals surface area contributed by atoms with E-state index in [9.17, 15) is 40.5 Å². The molecule has 0 radical (unpaired) electrons. The van der Waals surface area contributed by atoms with Gasteiger partial charge in [0.25, 0.3) is 11.8 Å². The van der Waals surface area contributed by atoms with Crippen molar-refractivity contribution >= 4 is 282 Å². The second-order valence-electron chi connectivity index (χ2n) is 32.1. The number of imidazole rings is 1. The number of thiophene rings is 7. The van der Waals surface area contributed by atoms with E-state index in [0.717, 1.165) is 175 Å². The number of fused-ring (bicyclic) bond motifs is 5. The number of nitrogen functional groups attached to an aromatic ring is 5. The van der Waals surface area contributed by atoms with Crippen LogP contribution in [0.4, 0.5) is 28.4 Å². The van der Waals surface area contributed by atoms with Gasteiger partial charge in [-0.2, -0.15) is 0 Å². The number of nitrogens with one attached hydrogen (secondary N) is 1. The Morgan fingerprint density at radius 3 is 1.20 bits per heavy atom. The van der Waals surface area contributed by atoms with E-state index in [1.54, 1.807) is 105 Å². The van der Waals surface area contributed by atoms with Gasteiger partial charge >= 0.3 is 5.97 Å². The highest BCUT2D eigenvalue weighted by molar-refractivity contribution is 8.13. The van der Waals surface area contributed by atoms with E-state index >= 15 is 0 Å². The van der Waals surface area contributed by atoms with Crippen molar-refractivity contribution in [1.29, 1.82) is 5.41 Å². The van der Waals surface area contributed by atoms with E-state index in [4.69, 9.17) is 65.6 Å². The molecule has 0 bridgehead atoms. The normalized spacial score (nSPS) is 12.4. The van der Waals surface area contributed by atoms with Crippen LogP contribution in [0.5, 0.6) is 0 Å². The summed E-state index contributed by atoms with van der Waals surface area (Å²) in [4.78, 5) is 82.0. The molecule has 12 N–H and O–H groups in total. The monoisotopic (exact) mass is 2190 g/mol. The number of thiazole rings is 2. The van der Waals surface area contributed by atoms with Gasteiger partial charge in [0, 0.05) is 143 Å². The second-order valence-corrected chi connectivity index (χ2v) is 50.9. The van der Waals surface area contributed by atoms with E-state index < -0.39 is 60.0 Å². The van der Waals surface area contributed by atoms with Crippen molar-refractivity contribution in [2.75, 3.05) is 97.8 Å². The third-order valence-electron chi connectivity index (χ3n) is 21.9. The summed E-state index contributed by atoms with van der Waals surface area (Å²) in [5.41, 5.74) is 46.2. The Morgan fingerprint density at radius 1 is 0.426 bits per heavy atom. The molecule has 0 fully saturated rings. The summed E-state index contributed by atoms with van der Waals surface area (Å²) in [5, 5.41) is 31.0. The molecule has 18 aromatic rings. The van der Waals surface area contributed by atoms with Crippen LogP contribution < -0.4 is 28.7 Å². The zero-order chi connectivity index (χ0) is 101. The van der Waals surface area contributed by atoms with Gasteiger partial charge in [0.1, 0.15) is 77.5 Å². The van der Waals surface area contributed by atoms with Crippen molar-refractivity contribution in [3.05, 3.63) is 202 Å². The largest absolute Gasteiger partial charge is 0.478 e. The van der Waals surface area contributed by atoms with Crippen LogP contribution in [0, 0.1) is 5.41 Å². The van der Waals surface area contributed by atoms with E-state index in [-0.39, 0.29) is 17.4 Å². The predicted molar refractivity (Wildman–Crippen MR) is 602 cm³/mol. The molecule has 734 valence electrons. The van der Waals surface area contributed by atoms with E-state index in [1.807, 2.05) is 131 Å². The molecule has 42 heteroatoms. The molecule has 5 unspecified atom stereocenters. The average molecular weight is 2190 g/mol. The topological polar surface area (TPSA) is 425 Å². The number of thioether (sulfide) groups is 1. The van der Waals surface area contributed by atoms with Crippen LogP contribution in [0.25, 0.3) is 138 Å². The molecule has 15 aromatic heterocycles. The van der Waals surface area contributed by atoms with Crippen molar-refractivity contribution in [3.8, 4) is 87.3 Å². The van der Waals surface area contributed by atoms with Crippen LogP contribution in [0.1, 0.15) is 122 Å². The van der Waals surface area contributed by atoms with Gasteiger partial charge in [0.2, 0.25) is 0 Å². The maximum atomic E-state index is 12.9. The molecule has 0 spiro atoms. The van der Waals surface area contributed by atoms with Crippen LogP contribution >= 0.6 is 125 Å². The number of hydrogen-bond acceptors (Lipinski definition) is 32. The molecule has 0 aliphatic heterocycles. The number of anilines is 5. The van der Waals surface area contributed by atoms with Crippen LogP contribution in [0.15, 0.2) is 201 Å². The van der Waals surface area contributed by atoms with E-state index in [2.05, 4.69) is 65.0 Å². The highest BCUT2D eigenvalue weighted by atomic mass is 35.5. The second kappa shape index (κ2) is 49.2. The number of carbonyl (C=O) groups is 3. The van der Waals surface area contributed by atoms with Gasteiger partial charge in [-0.05, 0) is 156 Å². The SMILES string of the molecule is CCCCS(=O)c1sc2nc(-c3cccs3)cc(C(=O)N(C)C)c2c1N.CCCCS(=O)c1sc2nc(-c3nccs3)cc(-c3ccc(C(=O)N(C)C)cc3)c2c1N.CCCCS(=O)c1sc2nc(-c3nccs3)cc(-c3ccc(C(=O)O)cc3)c2c1N.CCCS(=O)c1sc2nc(C(=N)SC)cc(-c3nccn3C)c2c1N.Nc1c(S(=O)CCCCCl)sc2nc(-c3cccs3)cc(-c3ccccc3)c12. The van der Waals surface area contributed by atoms with Crippen LogP contribution in [-0.4, -0.2) is 172 Å². The zero-order valence-corrected chi connectivity index (χ0v) is 91.5. The molecule has 15 heterocycles. The summed E-state index contributed by atoms with van der Waals surface area (Å²) in [6.45, 7) is 8.20. The highest BCUT2D eigenvalue weighted by Gasteiger charge is 2.30. The molecule has 141 heavy (non-hydrogen) atoms. The van der Waals surface area contributed by atoms with Crippen LogP contribution in [0.3, 0.4) is 0 Å². The van der Waals surface area contributed by atoms with Crippen molar-refractivity contribution in [2.24, 2.45) is 7.05 Å². The zero-order valence-electron chi connectivity index (χ0n) is 78.4. The Balaban J connectivity index is 0.000000141. The Labute approximate surface area is 874 Å². The molecule has 0 saturated carbocycles. The van der Waals surface area contributed by atoms with Gasteiger partial charge in [0.05, 0.1) is 120 Å². The minimum absolute atomic E-state index is 0.0523. The predicted octanol–water partition coefficient (Wildman–Crippen LogP) is 24.7. The molecule has 2 amide bonds. The van der Waals surface area contributed by atoms with Gasteiger partial charge in [0.15, 0.2) is 0 Å². The van der Waals surface area contributed by atoms with E-state index in [1.165, 1.54) is 96.0 Å². The number of carboxylic acid groups (broad SMARTS) is 1. The number of aromatic nitrogens is 9. The Bertz CT molecular complexity index is 7630. The molecular formula is C99H102ClN17O9S15. The number of aryl methyl sites for hydroxylation is 1. The first kappa shape index (κ1) is 106. The molecule has 0 aliphatic carbocycles. The maximum absolute atomic E-state index is 12.9. The molecule has 18 rings (SSSR count). The number of benzene rings is 3. The maximum Gasteiger partial charge on any atom is 0.335 e. The minimum Gasteiger partial charge on any atom is -0.478 e. The number of nitrogens with two attached hydrogens (primary N) is 5. The number of hydrogen-bond donors (Lipinski definition) is 7. The number of amides is 2. The van der Waals surface area contributed by atoms with E-state index in [0.29, 0.717) is 127 Å². The summed E-state index contributed by atoms with van der Waals surface area (Å²) in [6.07, 6.45) is 16.9. The lowest BCUT2D eigenvalue weighted by molar-refractivity contribution is 0.0695. The number of carbonyl (C=O) groups excluding carboxylic acids is 2. The fraction of sp³-hybridized carbons (Fsp3) is 0.253. The number of halogens is 1. The first-order valence-electron chi connectivity index (χ1n) is 44.5. The van der Waals surface area contributed by atoms with Gasteiger partial charge in [-0.3, -0.25) is 36.0 Å². The third kappa shape index (κ3) is 24.5. The Kier molecular flexibility index (Phi) is 37.1. The molecule has 3 aromatic carbocycles. The number of unbranched alkanes of at least 4 members (excludes halogenated alkanes) is 4. The fourth-order valence-electron chi connectivity index (χ4n) is 14.7. The smallest absolute Gasteiger partial charge is 0.335 e. The van der Waals surface area contributed by atoms with Crippen LogP contribution in [-0.2, 0) is 61.0 Å². The fourth-order valence-corrected chi connectivity index (χ4v) is 31.5. The summed E-state index contributed by atoms with van der Waals surface area (Å²) in [7, 11) is 3.00. The lowest BCUT2D eigenvalue weighted by atomic mass is 10.0. The number of alkyl halides is 1. The molecule has 26 nitrogen and oxygen atoms in total. The third-order valence-corrected chi connectivity index (χ3v) is 41.2. The Morgan fingerprint density at radius 2 is 0.816 bits per heavy atom. The first-order valence-corrected chi connectivity index (χ1v) is 60.5. The lowest BCUT2D eigenvalue weighted by Gasteiger charge is -2.12. The standard InChI is InChI=1S/C23H24N4O2S3.C21H19ClN2OS3.C21H19N3O3S3.C18H21N3O2S3.C16H19N5OS3/c1-4-5-12-32(29)23-19(24)18-16(14-6-8-15(9-7-14)22(28)27(2)3)13-17(26-21(18)31-23)20-25-10-11-30-20;22-10-4-5-12-28(25)21-19(23)18-15(14-7-2-1-3-8-14)13-16(24-20(18)27-21)17-9-6-11-26-17;1-2-3-10-30(27)21-17(22)16-14(12-4-6-13(7-5-12)20(25)26)11-15(24-19(16)29-21)18-23-8-9-28-18;1-4-5-9-26(23)18-15(19)14-11(17(22)21(2)3)10-12(20-16(14)25-18)13-7-6-8-24-13;1-4-7-25(22)16-12(17)11-9(14-19-5-6-21(14)2)8-10(13(18)23-3)20-15(11)24-16/h6-11,13H,4-5,12,24H2,1-3H3;1-3,6-9,11,13H,4-5,10,12,23H2;4-9,11H,2-3,10,22H2,1H3,(H,25,26);6-8,10H,4-5,9,19H2,1-3H3;5-6,8,18H,4,7,17H2,1-3H3. The molecule has 0 saturated heterocycles. The van der Waals surface area contributed by atoms with Crippen molar-refractivity contribution < 1.29 is 40.5 Å². The lowest BCUT2D eigenvalue weighted by Crippen LogP contribution is -2.22. The molecule has 0 aliphatic rings. The number of pyridine rings is 5. The van der Waals surface area contributed by atoms with Crippen molar-refractivity contribution in [1.82, 2.24) is 54.2 Å². The average Bonchev–Trinajstić information content (AvgIpc) is 1.62. The number of rotatable bonds is 32. The molecular weight excluding hydrogens is 2090 g/mol. The number of carboxylic acids is 1. The summed E-state index contributed by atoms with van der Waals surface area (Å²) in [6, 6.07) is 41.9.